The van der Waals surface area contributed by atoms with Crippen molar-refractivity contribution in [1.82, 2.24) is 4.98 Å². The molecule has 2 N–H and O–H groups in total. The van der Waals surface area contributed by atoms with Gasteiger partial charge in [-0.25, -0.2) is 0 Å². The second-order valence-corrected chi connectivity index (χ2v) is 3.73. The van der Waals surface area contributed by atoms with Crippen molar-refractivity contribution < 1.29 is 4.74 Å². The lowest BCUT2D eigenvalue weighted by Gasteiger charge is -2.02. The fraction of sp³-hybridized carbons (Fsp3) is 0.167. The van der Waals surface area contributed by atoms with Crippen LogP contribution in [-0.4, -0.2) is 17.8 Å². The Morgan fingerprint density at radius 3 is 3.12 bits per heavy atom. The number of nitrogens with two attached hydrogens (primary N) is 1. The van der Waals surface area contributed by atoms with E-state index in [1.807, 2.05) is 24.3 Å². The molecule has 0 saturated carbocycles. The summed E-state index contributed by atoms with van der Waals surface area (Å²) in [5.41, 5.74) is 6.73. The SMILES string of the molecule is NC1COC=c2cnc3ccccc3c2=N1. The lowest BCUT2D eigenvalue weighted by molar-refractivity contribution is 0.272. The molecule has 0 saturated heterocycles. The van der Waals surface area contributed by atoms with Crippen LogP contribution in [0.3, 0.4) is 0 Å². The summed E-state index contributed by atoms with van der Waals surface area (Å²) in [7, 11) is 0. The van der Waals surface area contributed by atoms with E-state index < -0.39 is 0 Å². The minimum Gasteiger partial charge on any atom is -0.497 e. The Balaban J connectivity index is 2.50. The van der Waals surface area contributed by atoms with Gasteiger partial charge < -0.3 is 10.5 Å². The lowest BCUT2D eigenvalue weighted by atomic mass is 10.2. The van der Waals surface area contributed by atoms with Crippen molar-refractivity contribution in [3.8, 4) is 0 Å². The molecule has 1 unspecified atom stereocenters. The molecule has 2 aromatic rings. The maximum Gasteiger partial charge on any atom is 0.132 e. The number of fused-ring (bicyclic) bond motifs is 3. The quantitative estimate of drug-likeness (QED) is 0.665. The average Bonchev–Trinajstić information content (AvgIpc) is 2.50. The maximum atomic E-state index is 5.81. The van der Waals surface area contributed by atoms with Gasteiger partial charge in [-0.15, -0.1) is 0 Å². The van der Waals surface area contributed by atoms with Crippen LogP contribution < -0.4 is 16.3 Å². The minimum atomic E-state index is -0.316. The van der Waals surface area contributed by atoms with Gasteiger partial charge in [0.25, 0.3) is 0 Å². The van der Waals surface area contributed by atoms with Crippen LogP contribution in [0.2, 0.25) is 0 Å². The summed E-state index contributed by atoms with van der Waals surface area (Å²) in [6.07, 6.45) is 3.12. The van der Waals surface area contributed by atoms with Crippen molar-refractivity contribution in [2.24, 2.45) is 10.7 Å². The van der Waals surface area contributed by atoms with Crippen molar-refractivity contribution >= 4 is 17.2 Å². The molecule has 0 aliphatic carbocycles. The van der Waals surface area contributed by atoms with Gasteiger partial charge in [0.15, 0.2) is 0 Å². The number of ether oxygens (including phenoxy) is 1. The predicted octanol–water partition coefficient (Wildman–Crippen LogP) is -0.0926. The smallest absolute Gasteiger partial charge is 0.132 e. The first-order valence-electron chi connectivity index (χ1n) is 5.13. The summed E-state index contributed by atoms with van der Waals surface area (Å²) >= 11 is 0. The van der Waals surface area contributed by atoms with E-state index >= 15 is 0 Å². The maximum absolute atomic E-state index is 5.81. The van der Waals surface area contributed by atoms with Gasteiger partial charge in [0.05, 0.1) is 22.4 Å². The number of aromatic nitrogens is 1. The third-order valence-electron chi connectivity index (χ3n) is 2.55. The van der Waals surface area contributed by atoms with E-state index in [9.17, 15) is 0 Å². The van der Waals surface area contributed by atoms with Crippen LogP contribution in [0.25, 0.3) is 17.2 Å². The van der Waals surface area contributed by atoms with Crippen LogP contribution in [0, 0.1) is 0 Å². The van der Waals surface area contributed by atoms with Crippen LogP contribution >= 0.6 is 0 Å². The van der Waals surface area contributed by atoms with Gasteiger partial charge in [-0.3, -0.25) is 9.98 Å². The molecule has 4 nitrogen and oxygen atoms in total. The van der Waals surface area contributed by atoms with Crippen molar-refractivity contribution in [2.75, 3.05) is 6.61 Å². The van der Waals surface area contributed by atoms with Crippen molar-refractivity contribution in [2.45, 2.75) is 6.17 Å². The summed E-state index contributed by atoms with van der Waals surface area (Å²) < 4.78 is 5.30. The highest BCUT2D eigenvalue weighted by molar-refractivity contribution is 5.77. The Labute approximate surface area is 92.1 Å². The Bertz CT molecular complexity index is 651. The standard InChI is InChI=1S/C12H11N3O/c13-11-7-16-6-8-5-14-10-4-2-1-3-9(10)12(8)15-11/h1-6,11H,7,13H2. The van der Waals surface area contributed by atoms with Crippen LogP contribution in [0.1, 0.15) is 0 Å². The first-order valence-corrected chi connectivity index (χ1v) is 5.13. The summed E-state index contributed by atoms with van der Waals surface area (Å²) in [5.74, 6) is 0. The van der Waals surface area contributed by atoms with Gasteiger partial charge in [-0.05, 0) is 6.07 Å². The lowest BCUT2D eigenvalue weighted by Crippen LogP contribution is -2.30. The molecule has 16 heavy (non-hydrogen) atoms. The molecule has 0 spiro atoms. The van der Waals surface area contributed by atoms with Crippen molar-refractivity contribution in [3.05, 3.63) is 41.0 Å². The molecule has 2 heterocycles. The molecular weight excluding hydrogens is 202 g/mol. The molecular formula is C12H11N3O. The summed E-state index contributed by atoms with van der Waals surface area (Å²) in [6.45, 7) is 0.406. The molecule has 1 aliphatic heterocycles. The zero-order valence-corrected chi connectivity index (χ0v) is 8.63. The number of hydrogen-bond acceptors (Lipinski definition) is 4. The molecule has 0 radical (unpaired) electrons. The predicted molar refractivity (Wildman–Crippen MR) is 60.9 cm³/mol. The fourth-order valence-corrected chi connectivity index (χ4v) is 1.81. The second kappa shape index (κ2) is 3.57. The van der Waals surface area contributed by atoms with Crippen LogP contribution in [-0.2, 0) is 4.74 Å². The molecule has 1 aliphatic rings. The molecule has 0 bridgehead atoms. The van der Waals surface area contributed by atoms with E-state index in [1.165, 1.54) is 0 Å². The Hall–Kier alpha value is -1.94. The summed E-state index contributed by atoms with van der Waals surface area (Å²) in [4.78, 5) is 8.80. The van der Waals surface area contributed by atoms with Crippen molar-refractivity contribution in [3.63, 3.8) is 0 Å². The Kier molecular flexibility index (Phi) is 2.08. The fourth-order valence-electron chi connectivity index (χ4n) is 1.81. The van der Waals surface area contributed by atoms with E-state index in [0.29, 0.717) is 6.61 Å². The van der Waals surface area contributed by atoms with E-state index in [2.05, 4.69) is 9.98 Å². The van der Waals surface area contributed by atoms with Gasteiger partial charge in [0.1, 0.15) is 12.8 Å². The van der Waals surface area contributed by atoms with Crippen LogP contribution in [0.15, 0.2) is 35.5 Å². The molecule has 80 valence electrons. The van der Waals surface area contributed by atoms with Gasteiger partial charge in [0, 0.05) is 11.6 Å². The number of pyridine rings is 1. The van der Waals surface area contributed by atoms with Crippen LogP contribution in [0.5, 0.6) is 0 Å². The third-order valence-corrected chi connectivity index (χ3v) is 2.55. The van der Waals surface area contributed by atoms with Crippen LogP contribution in [0.4, 0.5) is 0 Å². The topological polar surface area (TPSA) is 60.5 Å². The zero-order valence-electron chi connectivity index (χ0n) is 8.63. The monoisotopic (exact) mass is 213 g/mol. The largest absolute Gasteiger partial charge is 0.497 e. The van der Waals surface area contributed by atoms with E-state index in [-0.39, 0.29) is 6.17 Å². The number of nitrogens with zero attached hydrogens (tertiary/aromatic N) is 2. The molecule has 3 rings (SSSR count). The number of para-hydroxylation sites is 1. The highest BCUT2D eigenvalue weighted by Crippen LogP contribution is 2.03. The first kappa shape index (κ1) is 9.30. The number of hydrogen-bond donors (Lipinski definition) is 1. The minimum absolute atomic E-state index is 0.316. The van der Waals surface area contributed by atoms with Crippen molar-refractivity contribution in [1.29, 1.82) is 0 Å². The molecule has 1 aromatic carbocycles. The molecule has 1 atom stereocenters. The van der Waals surface area contributed by atoms with Gasteiger partial charge in [-0.2, -0.15) is 0 Å². The van der Waals surface area contributed by atoms with E-state index in [4.69, 9.17) is 10.5 Å². The summed E-state index contributed by atoms with van der Waals surface area (Å²) in [6, 6.07) is 7.88. The second-order valence-electron chi connectivity index (χ2n) is 3.73. The highest BCUT2D eigenvalue weighted by Gasteiger charge is 2.05. The first-order chi connectivity index (χ1) is 7.84. The van der Waals surface area contributed by atoms with Gasteiger partial charge in [0.2, 0.25) is 0 Å². The highest BCUT2D eigenvalue weighted by atomic mass is 16.5. The Morgan fingerprint density at radius 2 is 2.19 bits per heavy atom. The normalized spacial score (nSPS) is 18.9. The zero-order chi connectivity index (χ0) is 11.0. The van der Waals surface area contributed by atoms with Gasteiger partial charge in [-0.1, -0.05) is 18.2 Å². The molecule has 1 aromatic heterocycles. The molecule has 0 amide bonds. The Morgan fingerprint density at radius 1 is 1.31 bits per heavy atom. The molecule has 4 heteroatoms. The third kappa shape index (κ3) is 1.44. The van der Waals surface area contributed by atoms with Gasteiger partial charge >= 0.3 is 0 Å². The number of benzene rings is 1. The van der Waals surface area contributed by atoms with E-state index in [0.717, 1.165) is 21.5 Å². The molecule has 0 fully saturated rings. The number of rotatable bonds is 0. The average molecular weight is 213 g/mol. The summed E-state index contributed by atoms with van der Waals surface area (Å²) in [5, 5.41) is 2.76. The van der Waals surface area contributed by atoms with E-state index in [1.54, 1.807) is 12.5 Å².